The first-order chi connectivity index (χ1) is 19.3. The lowest BCUT2D eigenvalue weighted by Crippen LogP contribution is -2.53. The number of imide groups is 1. The average molecular weight is 539 g/mol. The van der Waals surface area contributed by atoms with Crippen LogP contribution < -0.4 is 15.5 Å². The summed E-state index contributed by atoms with van der Waals surface area (Å²) in [5, 5.41) is 7.06. The summed E-state index contributed by atoms with van der Waals surface area (Å²) in [6.07, 6.45) is 2.16. The number of aromatic nitrogens is 1. The highest BCUT2D eigenvalue weighted by Gasteiger charge is 2.70. The largest absolute Gasteiger partial charge is 0.465 e. The lowest BCUT2D eigenvalue weighted by atomic mass is 9.76. The second kappa shape index (κ2) is 8.59. The molecule has 4 atom stereocenters. The topological polar surface area (TPSA) is 121 Å². The van der Waals surface area contributed by atoms with Crippen molar-refractivity contribution in [3.05, 3.63) is 95.4 Å². The predicted octanol–water partition coefficient (Wildman–Crippen LogP) is 3.26. The van der Waals surface area contributed by atoms with Gasteiger partial charge in [0.15, 0.2) is 0 Å². The summed E-state index contributed by atoms with van der Waals surface area (Å²) < 4.78 is 19.5. The molecule has 3 amide bonds. The number of rotatable bonds is 4. The minimum Gasteiger partial charge on any atom is -0.465 e. The fraction of sp³-hybridized carbons (Fsp3) is 0.200. The van der Waals surface area contributed by atoms with Crippen LogP contribution in [0.4, 0.5) is 15.8 Å². The van der Waals surface area contributed by atoms with Gasteiger partial charge < -0.3 is 15.0 Å². The van der Waals surface area contributed by atoms with Crippen LogP contribution in [0.3, 0.4) is 0 Å². The number of hydrogen-bond acceptors (Lipinski definition) is 6. The van der Waals surface area contributed by atoms with Gasteiger partial charge in [-0.05, 0) is 48.4 Å². The Labute approximate surface area is 227 Å². The Balaban J connectivity index is 1.40. The van der Waals surface area contributed by atoms with Crippen LogP contribution in [0.25, 0.3) is 10.9 Å². The second-order valence-corrected chi connectivity index (χ2v) is 10.3. The number of anilines is 2. The molecule has 200 valence electrons. The summed E-state index contributed by atoms with van der Waals surface area (Å²) in [5.41, 5.74) is 0.908. The third-order valence-electron chi connectivity index (χ3n) is 8.34. The van der Waals surface area contributed by atoms with Gasteiger partial charge in [0.05, 0.1) is 30.2 Å². The molecule has 3 N–H and O–H groups in total. The van der Waals surface area contributed by atoms with Crippen molar-refractivity contribution < 1.29 is 28.3 Å². The van der Waals surface area contributed by atoms with E-state index in [9.17, 15) is 23.6 Å². The average Bonchev–Trinajstić information content (AvgIpc) is 3.67. The van der Waals surface area contributed by atoms with Gasteiger partial charge in [-0.3, -0.25) is 19.7 Å². The normalized spacial score (nSPS) is 25.0. The molecule has 0 saturated carbocycles. The standard InChI is InChI=1S/C30H23FN4O5/c1-40-28(38)18-7-3-5-9-23(18)35-26(36)24-22(12-15-14-32-20-8-4-2-6-17(15)20)34-30(25(24)27(35)37)19-13-16(31)10-11-21(19)33-29(30)39/h2-11,13-14,22,24-25,32,34H,12H2,1H3,(H,33,39)/t22-,24-,25+,30-/m1/s1. The highest BCUT2D eigenvalue weighted by molar-refractivity contribution is 6.27. The van der Waals surface area contributed by atoms with Gasteiger partial charge >= 0.3 is 5.97 Å². The molecule has 40 heavy (non-hydrogen) atoms. The van der Waals surface area contributed by atoms with Crippen LogP contribution in [0.5, 0.6) is 0 Å². The number of methoxy groups -OCH3 is 1. The molecule has 1 aromatic heterocycles. The van der Waals surface area contributed by atoms with Crippen molar-refractivity contribution in [2.24, 2.45) is 11.8 Å². The molecule has 0 aliphatic carbocycles. The molecule has 0 bridgehead atoms. The van der Waals surface area contributed by atoms with Gasteiger partial charge in [0.1, 0.15) is 11.4 Å². The van der Waals surface area contributed by atoms with Crippen LogP contribution in [0.2, 0.25) is 0 Å². The van der Waals surface area contributed by atoms with Crippen LogP contribution >= 0.6 is 0 Å². The number of nitrogens with one attached hydrogen (secondary N) is 3. The van der Waals surface area contributed by atoms with Crippen LogP contribution in [0, 0.1) is 17.7 Å². The Morgan fingerprint density at radius 2 is 1.80 bits per heavy atom. The number of H-pyrrole nitrogens is 1. The van der Waals surface area contributed by atoms with Gasteiger partial charge in [0.2, 0.25) is 17.7 Å². The number of para-hydroxylation sites is 2. The van der Waals surface area contributed by atoms with Crippen molar-refractivity contribution in [2.75, 3.05) is 17.3 Å². The van der Waals surface area contributed by atoms with E-state index in [4.69, 9.17) is 4.74 Å². The molecule has 0 unspecified atom stereocenters. The number of halogens is 1. The fourth-order valence-electron chi connectivity index (χ4n) is 6.67. The maximum atomic E-state index is 14.6. The number of hydrogen-bond donors (Lipinski definition) is 3. The third-order valence-corrected chi connectivity index (χ3v) is 8.34. The monoisotopic (exact) mass is 538 g/mol. The number of carbonyl (C=O) groups is 4. The maximum Gasteiger partial charge on any atom is 0.339 e. The van der Waals surface area contributed by atoms with E-state index in [1.807, 2.05) is 30.5 Å². The van der Waals surface area contributed by atoms with E-state index in [-0.39, 0.29) is 16.8 Å². The number of esters is 1. The summed E-state index contributed by atoms with van der Waals surface area (Å²) in [7, 11) is 1.21. The van der Waals surface area contributed by atoms with E-state index < -0.39 is 52.9 Å². The summed E-state index contributed by atoms with van der Waals surface area (Å²) in [6, 6.07) is 17.2. The van der Waals surface area contributed by atoms with E-state index in [1.54, 1.807) is 12.1 Å². The van der Waals surface area contributed by atoms with Crippen molar-refractivity contribution >= 4 is 46.0 Å². The van der Waals surface area contributed by atoms with Gasteiger partial charge in [-0.2, -0.15) is 0 Å². The third kappa shape index (κ3) is 3.16. The zero-order valence-electron chi connectivity index (χ0n) is 21.2. The van der Waals surface area contributed by atoms with Crippen molar-refractivity contribution in [3.8, 4) is 0 Å². The van der Waals surface area contributed by atoms with Gasteiger partial charge in [-0.15, -0.1) is 0 Å². The van der Waals surface area contributed by atoms with Crippen molar-refractivity contribution in [3.63, 3.8) is 0 Å². The van der Waals surface area contributed by atoms with Gasteiger partial charge in [0.25, 0.3) is 0 Å². The molecule has 2 fully saturated rings. The molecule has 0 radical (unpaired) electrons. The first-order valence-electron chi connectivity index (χ1n) is 12.8. The van der Waals surface area contributed by atoms with Gasteiger partial charge in [0, 0.05) is 34.4 Å². The molecule has 3 aromatic carbocycles. The quantitative estimate of drug-likeness (QED) is 0.271. The molecule has 1 spiro atoms. The highest BCUT2D eigenvalue weighted by Crippen LogP contribution is 2.54. The Morgan fingerprint density at radius 1 is 1.02 bits per heavy atom. The smallest absolute Gasteiger partial charge is 0.339 e. The number of carbonyl (C=O) groups excluding carboxylic acids is 4. The number of fused-ring (bicyclic) bond motifs is 5. The van der Waals surface area contributed by atoms with E-state index >= 15 is 0 Å². The molecular weight excluding hydrogens is 515 g/mol. The maximum absolute atomic E-state index is 14.6. The molecular formula is C30H23FN4O5. The van der Waals surface area contributed by atoms with Crippen LogP contribution in [0.15, 0.2) is 72.9 Å². The molecule has 4 heterocycles. The molecule has 3 aliphatic heterocycles. The van der Waals surface area contributed by atoms with Crippen LogP contribution in [0.1, 0.15) is 21.5 Å². The van der Waals surface area contributed by atoms with Crippen LogP contribution in [-0.2, 0) is 31.1 Å². The number of benzene rings is 3. The first kappa shape index (κ1) is 24.2. The Morgan fingerprint density at radius 3 is 2.62 bits per heavy atom. The fourth-order valence-corrected chi connectivity index (χ4v) is 6.67. The molecule has 10 heteroatoms. The minimum absolute atomic E-state index is 0.0455. The number of amides is 3. The Kier molecular flexibility index (Phi) is 5.20. The predicted molar refractivity (Wildman–Crippen MR) is 143 cm³/mol. The second-order valence-electron chi connectivity index (χ2n) is 10.3. The Hall–Kier alpha value is -4.83. The van der Waals surface area contributed by atoms with Gasteiger partial charge in [-0.1, -0.05) is 30.3 Å². The Bertz CT molecular complexity index is 1770. The molecule has 4 aromatic rings. The number of nitrogens with zero attached hydrogens (tertiary/aromatic N) is 1. The number of aromatic amines is 1. The zero-order valence-corrected chi connectivity index (χ0v) is 21.2. The molecule has 9 nitrogen and oxygen atoms in total. The van der Waals surface area contributed by atoms with E-state index in [1.165, 1.54) is 37.4 Å². The van der Waals surface area contributed by atoms with E-state index in [0.29, 0.717) is 12.1 Å². The molecule has 3 aliphatic rings. The number of ether oxygens (including phenoxy) is 1. The summed E-state index contributed by atoms with van der Waals surface area (Å²) in [4.78, 5) is 58.9. The van der Waals surface area contributed by atoms with Crippen molar-refractivity contribution in [2.45, 2.75) is 18.0 Å². The van der Waals surface area contributed by atoms with Gasteiger partial charge in [-0.25, -0.2) is 14.1 Å². The first-order valence-corrected chi connectivity index (χ1v) is 12.8. The molecule has 7 rings (SSSR count). The van der Waals surface area contributed by atoms with E-state index in [0.717, 1.165) is 21.4 Å². The summed E-state index contributed by atoms with van der Waals surface area (Å²) in [6.45, 7) is 0. The highest BCUT2D eigenvalue weighted by atomic mass is 19.1. The van der Waals surface area contributed by atoms with Crippen molar-refractivity contribution in [1.82, 2.24) is 10.3 Å². The van der Waals surface area contributed by atoms with Crippen LogP contribution in [-0.4, -0.2) is 41.8 Å². The zero-order chi connectivity index (χ0) is 27.8. The van der Waals surface area contributed by atoms with E-state index in [2.05, 4.69) is 15.6 Å². The lowest BCUT2D eigenvalue weighted by Gasteiger charge is -2.30. The SMILES string of the molecule is COC(=O)c1ccccc1N1C(=O)[C@H]2[C@@H](C1=O)[C@@]1(N[C@@H]2Cc2c[nH]c3ccccc23)C(=O)Nc2ccc(F)cc21. The lowest BCUT2D eigenvalue weighted by molar-refractivity contribution is -0.130. The molecule has 2 saturated heterocycles. The summed E-state index contributed by atoms with van der Waals surface area (Å²) in [5.74, 6) is -5.14. The minimum atomic E-state index is -1.68. The summed E-state index contributed by atoms with van der Waals surface area (Å²) >= 11 is 0. The van der Waals surface area contributed by atoms with Crippen molar-refractivity contribution in [1.29, 1.82) is 0 Å².